The number of nitrogens with one attached hydrogen (secondary N) is 2. The van der Waals surface area contributed by atoms with Gasteiger partial charge in [-0.15, -0.1) is 0 Å². The van der Waals surface area contributed by atoms with Gasteiger partial charge in [-0.05, 0) is 48.7 Å². The third kappa shape index (κ3) is 9.11. The van der Waals surface area contributed by atoms with Gasteiger partial charge in [-0.3, -0.25) is 0 Å². The Bertz CT molecular complexity index is 837. The molecule has 0 bridgehead atoms. The zero-order chi connectivity index (χ0) is 22.3. The van der Waals surface area contributed by atoms with Crippen LogP contribution in [0.1, 0.15) is 63.0 Å². The Morgan fingerprint density at radius 1 is 1.00 bits per heavy atom. The lowest BCUT2D eigenvalue weighted by Crippen LogP contribution is -2.24. The number of carbonyl (C=O) groups is 1. The molecule has 31 heavy (non-hydrogen) atoms. The molecule has 0 atom stereocenters. The zero-order valence-corrected chi connectivity index (χ0v) is 18.9. The second-order valence-corrected chi connectivity index (χ2v) is 7.52. The number of ether oxygens (including phenoxy) is 2. The molecular weight excluding hydrogens is 390 g/mol. The maximum Gasteiger partial charge on any atom is 0.339 e. The van der Waals surface area contributed by atoms with Gasteiger partial charge in [0.25, 0.3) is 0 Å². The topological polar surface area (TPSA) is 72.0 Å². The average molecular weight is 426 g/mol. The number of aryl methyl sites for hydroxylation is 1. The van der Waals surface area contributed by atoms with E-state index in [-0.39, 0.29) is 0 Å². The van der Waals surface area contributed by atoms with E-state index in [1.165, 1.54) is 38.5 Å². The van der Waals surface area contributed by atoms with Crippen molar-refractivity contribution in [3.63, 3.8) is 0 Å². The van der Waals surface area contributed by atoms with E-state index in [9.17, 15) is 4.79 Å². The highest BCUT2D eigenvalue weighted by atomic mass is 16.5. The molecule has 2 aromatic rings. The molecule has 6 nitrogen and oxygen atoms in total. The van der Waals surface area contributed by atoms with E-state index in [1.54, 1.807) is 13.3 Å². The van der Waals surface area contributed by atoms with E-state index in [4.69, 9.17) is 9.47 Å². The maximum absolute atomic E-state index is 12.0. The van der Waals surface area contributed by atoms with Gasteiger partial charge in [0.15, 0.2) is 11.5 Å². The van der Waals surface area contributed by atoms with Crippen molar-refractivity contribution >= 4 is 17.9 Å². The number of amides is 2. The zero-order valence-electron chi connectivity index (χ0n) is 18.9. The van der Waals surface area contributed by atoms with E-state index >= 15 is 0 Å². The predicted molar refractivity (Wildman–Crippen MR) is 127 cm³/mol. The number of hydrazone groups is 1. The Morgan fingerprint density at radius 3 is 2.48 bits per heavy atom. The number of unbranched alkanes of at least 4 members (excludes halogenated alkanes) is 6. The van der Waals surface area contributed by atoms with Gasteiger partial charge in [0.2, 0.25) is 0 Å². The van der Waals surface area contributed by atoms with E-state index in [1.807, 2.05) is 49.4 Å². The molecule has 2 amide bonds. The van der Waals surface area contributed by atoms with Crippen LogP contribution in [0.5, 0.6) is 11.5 Å². The van der Waals surface area contributed by atoms with Gasteiger partial charge in [0.1, 0.15) is 0 Å². The number of hydrogen-bond acceptors (Lipinski definition) is 4. The largest absolute Gasteiger partial charge is 0.493 e. The van der Waals surface area contributed by atoms with Crippen LogP contribution in [0.15, 0.2) is 47.6 Å². The molecule has 6 heteroatoms. The summed E-state index contributed by atoms with van der Waals surface area (Å²) < 4.78 is 11.3. The minimum absolute atomic E-state index is 0.396. The van der Waals surface area contributed by atoms with Crippen LogP contribution >= 0.6 is 0 Å². The van der Waals surface area contributed by atoms with Crippen molar-refractivity contribution in [1.82, 2.24) is 5.43 Å². The number of nitrogens with zero attached hydrogens (tertiary/aromatic N) is 1. The summed E-state index contributed by atoms with van der Waals surface area (Å²) >= 11 is 0. The minimum atomic E-state index is -0.396. The number of urea groups is 1. The quantitative estimate of drug-likeness (QED) is 0.225. The molecule has 0 spiro atoms. The van der Waals surface area contributed by atoms with E-state index in [2.05, 4.69) is 22.8 Å². The second-order valence-electron chi connectivity index (χ2n) is 7.52. The van der Waals surface area contributed by atoms with Crippen molar-refractivity contribution in [3.05, 3.63) is 53.6 Å². The average Bonchev–Trinajstić information content (AvgIpc) is 2.77. The minimum Gasteiger partial charge on any atom is -0.493 e. The van der Waals surface area contributed by atoms with Gasteiger partial charge in [-0.2, -0.15) is 5.10 Å². The summed E-state index contributed by atoms with van der Waals surface area (Å²) in [7, 11) is 1.62. The predicted octanol–water partition coefficient (Wildman–Crippen LogP) is 6.29. The van der Waals surface area contributed by atoms with Crippen molar-refractivity contribution < 1.29 is 14.3 Å². The summed E-state index contributed by atoms with van der Waals surface area (Å²) in [6.07, 6.45) is 10.3. The van der Waals surface area contributed by atoms with Crippen LogP contribution in [0.3, 0.4) is 0 Å². The van der Waals surface area contributed by atoms with E-state index in [0.29, 0.717) is 12.4 Å². The lowest BCUT2D eigenvalue weighted by atomic mass is 10.1. The number of hydrogen-bond donors (Lipinski definition) is 2. The highest BCUT2D eigenvalue weighted by Crippen LogP contribution is 2.27. The van der Waals surface area contributed by atoms with E-state index < -0.39 is 6.03 Å². The molecule has 0 unspecified atom stereocenters. The first-order valence-corrected chi connectivity index (χ1v) is 11.1. The van der Waals surface area contributed by atoms with Crippen molar-refractivity contribution in [2.24, 2.45) is 5.10 Å². The van der Waals surface area contributed by atoms with Crippen LogP contribution in [0.2, 0.25) is 0 Å². The fraction of sp³-hybridized carbons (Fsp3) is 0.440. The summed E-state index contributed by atoms with van der Waals surface area (Å²) in [6.45, 7) is 4.85. The Kier molecular flexibility index (Phi) is 11.0. The van der Waals surface area contributed by atoms with Gasteiger partial charge in [-0.1, -0.05) is 63.6 Å². The molecule has 0 saturated carbocycles. The Labute approximate surface area is 186 Å². The van der Waals surface area contributed by atoms with Crippen LogP contribution in [0.4, 0.5) is 10.5 Å². The number of anilines is 1. The molecule has 2 rings (SSSR count). The molecule has 168 valence electrons. The standard InChI is InChI=1S/C25H35N3O3/c1-4-5-6-7-8-9-12-17-31-23-16-15-21(18-24(23)30-3)19-26-28-25(29)27-22-14-11-10-13-20(22)2/h10-11,13-16,18-19H,4-9,12,17H2,1-3H3,(H2,27,28,29)/b26-19-. The highest BCUT2D eigenvalue weighted by molar-refractivity contribution is 5.91. The van der Waals surface area contributed by atoms with Crippen molar-refractivity contribution in [2.75, 3.05) is 19.0 Å². The number of para-hydroxylation sites is 1. The number of methoxy groups -OCH3 is 1. The Morgan fingerprint density at radius 2 is 1.74 bits per heavy atom. The van der Waals surface area contributed by atoms with Gasteiger partial charge in [0, 0.05) is 5.69 Å². The maximum atomic E-state index is 12.0. The third-order valence-electron chi connectivity index (χ3n) is 4.97. The van der Waals surface area contributed by atoms with Crippen molar-refractivity contribution in [2.45, 2.75) is 58.8 Å². The summed E-state index contributed by atoms with van der Waals surface area (Å²) in [5.41, 5.74) is 5.01. The molecule has 2 N–H and O–H groups in total. The molecule has 0 saturated heterocycles. The molecule has 2 aromatic carbocycles. The molecular formula is C25H35N3O3. The lowest BCUT2D eigenvalue weighted by Gasteiger charge is -2.11. The first-order chi connectivity index (χ1) is 15.1. The number of benzene rings is 2. The SMILES string of the molecule is CCCCCCCCCOc1ccc(/C=N\NC(=O)Nc2ccccc2C)cc1OC. The van der Waals surface area contributed by atoms with Crippen LogP contribution in [-0.4, -0.2) is 26.0 Å². The summed E-state index contributed by atoms with van der Waals surface area (Å²) in [5.74, 6) is 1.37. The Hall–Kier alpha value is -3.02. The normalized spacial score (nSPS) is 10.8. The fourth-order valence-corrected chi connectivity index (χ4v) is 3.15. The first kappa shape index (κ1) is 24.3. The number of carbonyl (C=O) groups excluding carboxylic acids is 1. The van der Waals surface area contributed by atoms with Crippen LogP contribution in [-0.2, 0) is 0 Å². The lowest BCUT2D eigenvalue weighted by molar-refractivity contribution is 0.252. The molecule has 0 fully saturated rings. The molecule has 0 heterocycles. The fourth-order valence-electron chi connectivity index (χ4n) is 3.15. The monoisotopic (exact) mass is 425 g/mol. The molecule has 0 aliphatic rings. The van der Waals surface area contributed by atoms with Crippen LogP contribution < -0.4 is 20.2 Å². The summed E-state index contributed by atoms with van der Waals surface area (Å²) in [5, 5.41) is 6.77. The van der Waals surface area contributed by atoms with Gasteiger partial charge in [0.05, 0.1) is 19.9 Å². The van der Waals surface area contributed by atoms with Crippen LogP contribution in [0.25, 0.3) is 0 Å². The first-order valence-electron chi connectivity index (χ1n) is 11.1. The molecule has 0 aromatic heterocycles. The number of rotatable bonds is 13. The van der Waals surface area contributed by atoms with E-state index in [0.717, 1.165) is 29.0 Å². The van der Waals surface area contributed by atoms with Gasteiger partial charge < -0.3 is 14.8 Å². The van der Waals surface area contributed by atoms with Gasteiger partial charge in [-0.25, -0.2) is 10.2 Å². The Balaban J connectivity index is 1.77. The van der Waals surface area contributed by atoms with Crippen molar-refractivity contribution in [1.29, 1.82) is 0 Å². The molecule has 0 aliphatic carbocycles. The molecule has 0 radical (unpaired) electrons. The highest BCUT2D eigenvalue weighted by Gasteiger charge is 2.06. The van der Waals surface area contributed by atoms with Crippen LogP contribution in [0, 0.1) is 6.92 Å². The third-order valence-corrected chi connectivity index (χ3v) is 4.97. The summed E-state index contributed by atoms with van der Waals surface area (Å²) in [6, 6.07) is 12.8. The summed E-state index contributed by atoms with van der Waals surface area (Å²) in [4.78, 5) is 12.0. The van der Waals surface area contributed by atoms with Crippen molar-refractivity contribution in [3.8, 4) is 11.5 Å². The van der Waals surface area contributed by atoms with Gasteiger partial charge >= 0.3 is 6.03 Å². The second kappa shape index (κ2) is 14.1. The smallest absolute Gasteiger partial charge is 0.339 e. The molecule has 0 aliphatic heterocycles.